The number of ether oxygens (including phenoxy) is 2. The van der Waals surface area contributed by atoms with Crippen LogP contribution in [0.2, 0.25) is 0 Å². The van der Waals surface area contributed by atoms with Crippen molar-refractivity contribution < 1.29 is 34.7 Å². The maximum absolute atomic E-state index is 11.9. The van der Waals surface area contributed by atoms with Crippen LogP contribution in [0.5, 0.6) is 23.0 Å². The van der Waals surface area contributed by atoms with Crippen LogP contribution in [0.3, 0.4) is 0 Å². The molecule has 7 heteroatoms. The first-order chi connectivity index (χ1) is 9.88. The van der Waals surface area contributed by atoms with E-state index in [1.54, 1.807) is 0 Å². The van der Waals surface area contributed by atoms with E-state index in [4.69, 9.17) is 4.74 Å². The third-order valence-electron chi connectivity index (χ3n) is 3.64. The quantitative estimate of drug-likeness (QED) is 0.464. The van der Waals surface area contributed by atoms with Gasteiger partial charge in [0.05, 0.1) is 12.7 Å². The molecule has 7 nitrogen and oxygen atoms in total. The van der Waals surface area contributed by atoms with Crippen LogP contribution in [0, 0.1) is 6.92 Å². The Morgan fingerprint density at radius 1 is 1.19 bits per heavy atom. The van der Waals surface area contributed by atoms with Gasteiger partial charge < -0.3 is 29.9 Å². The Morgan fingerprint density at radius 3 is 2.48 bits per heavy atom. The van der Waals surface area contributed by atoms with E-state index >= 15 is 0 Å². The Kier molecular flexibility index (Phi) is 2.64. The van der Waals surface area contributed by atoms with Crippen LogP contribution < -0.4 is 4.74 Å². The summed E-state index contributed by atoms with van der Waals surface area (Å²) in [6.07, 6.45) is -1.67. The minimum atomic E-state index is -1.67. The Bertz CT molecular complexity index is 794. The second-order valence-corrected chi connectivity index (χ2v) is 4.72. The lowest BCUT2D eigenvalue weighted by molar-refractivity contribution is -0.0697. The van der Waals surface area contributed by atoms with Gasteiger partial charge in [0.1, 0.15) is 17.1 Å². The summed E-state index contributed by atoms with van der Waals surface area (Å²) in [5.74, 6) is -2.29. The topological polar surface area (TPSA) is 116 Å². The number of rotatable bonds is 1. The lowest BCUT2D eigenvalue weighted by Crippen LogP contribution is -2.19. The normalized spacial score (nSPS) is 16.9. The average Bonchev–Trinajstić information content (AvgIpc) is 2.43. The molecule has 2 aromatic rings. The highest BCUT2D eigenvalue weighted by Crippen LogP contribution is 2.50. The maximum Gasteiger partial charge on any atom is 0.345 e. The molecule has 4 N–H and O–H groups in total. The minimum Gasteiger partial charge on any atom is -0.507 e. The Balaban J connectivity index is 2.66. The molecule has 0 aromatic heterocycles. The molecular formula is C14H12O7. The molecule has 0 amide bonds. The molecule has 1 heterocycles. The van der Waals surface area contributed by atoms with Crippen molar-refractivity contribution in [2.45, 2.75) is 13.2 Å². The van der Waals surface area contributed by atoms with E-state index in [0.29, 0.717) is 5.39 Å². The van der Waals surface area contributed by atoms with Crippen molar-refractivity contribution in [3.05, 3.63) is 22.8 Å². The number of hydrogen-bond donors (Lipinski definition) is 4. The van der Waals surface area contributed by atoms with Crippen LogP contribution in [-0.4, -0.2) is 33.5 Å². The molecule has 21 heavy (non-hydrogen) atoms. The minimum absolute atomic E-state index is 0.0567. The van der Waals surface area contributed by atoms with Crippen molar-refractivity contribution in [2.75, 3.05) is 7.11 Å². The third-order valence-corrected chi connectivity index (χ3v) is 3.64. The van der Waals surface area contributed by atoms with Gasteiger partial charge in [-0.2, -0.15) is 0 Å². The molecule has 0 bridgehead atoms. The molecule has 110 valence electrons. The molecular weight excluding hydrogens is 280 g/mol. The van der Waals surface area contributed by atoms with Gasteiger partial charge in [0.25, 0.3) is 0 Å². The zero-order valence-electron chi connectivity index (χ0n) is 11.2. The number of esters is 1. The fourth-order valence-electron chi connectivity index (χ4n) is 2.65. The van der Waals surface area contributed by atoms with Gasteiger partial charge in [0, 0.05) is 22.4 Å². The standard InChI is InChI=1S/C14H12O7/c1-4-7-6(20-2)3-5(15)8-9(7)10(12(17)11(4)16)14(19)21-13(8)18/h3,13,15-18H,1-2H3/t13-/m0/s1. The van der Waals surface area contributed by atoms with Crippen molar-refractivity contribution in [3.8, 4) is 23.0 Å². The highest BCUT2D eigenvalue weighted by atomic mass is 16.6. The molecule has 3 rings (SSSR count). The number of phenols is 3. The largest absolute Gasteiger partial charge is 0.507 e. The SMILES string of the molecule is COc1cc(O)c2c3c(c(O)c(O)c(C)c13)C(=O)O[C@@H]2O. The molecule has 2 aromatic carbocycles. The number of aryl methyl sites for hydroxylation is 1. The molecule has 1 aliphatic heterocycles. The predicted octanol–water partition coefficient (Wildman–Crippen LogP) is 1.43. The summed E-state index contributed by atoms with van der Waals surface area (Å²) in [6, 6.07) is 1.24. The van der Waals surface area contributed by atoms with E-state index in [1.807, 2.05) is 0 Å². The van der Waals surface area contributed by atoms with Gasteiger partial charge in [-0.15, -0.1) is 0 Å². The highest BCUT2D eigenvalue weighted by molar-refractivity contribution is 6.14. The molecule has 0 unspecified atom stereocenters. The molecule has 0 aliphatic carbocycles. The molecule has 0 fully saturated rings. The molecule has 1 atom stereocenters. The van der Waals surface area contributed by atoms with E-state index in [1.165, 1.54) is 20.1 Å². The Hall–Kier alpha value is -2.67. The second kappa shape index (κ2) is 4.16. The van der Waals surface area contributed by atoms with Crippen LogP contribution in [0.25, 0.3) is 10.8 Å². The number of aromatic hydroxyl groups is 3. The summed E-state index contributed by atoms with van der Waals surface area (Å²) >= 11 is 0. The average molecular weight is 292 g/mol. The zero-order chi connectivity index (χ0) is 15.5. The summed E-state index contributed by atoms with van der Waals surface area (Å²) in [4.78, 5) is 11.9. The second-order valence-electron chi connectivity index (χ2n) is 4.72. The van der Waals surface area contributed by atoms with Crippen molar-refractivity contribution in [2.24, 2.45) is 0 Å². The lowest BCUT2D eigenvalue weighted by Gasteiger charge is -2.25. The van der Waals surface area contributed by atoms with Gasteiger partial charge in [-0.05, 0) is 6.92 Å². The fourth-order valence-corrected chi connectivity index (χ4v) is 2.65. The van der Waals surface area contributed by atoms with Gasteiger partial charge >= 0.3 is 5.97 Å². The summed E-state index contributed by atoms with van der Waals surface area (Å²) in [5.41, 5.74) is -0.118. The van der Waals surface area contributed by atoms with Crippen LogP contribution in [0.4, 0.5) is 0 Å². The molecule has 0 radical (unpaired) electrons. The monoisotopic (exact) mass is 292 g/mol. The third kappa shape index (κ3) is 1.55. The number of phenolic OH excluding ortho intramolecular Hbond substituents is 3. The fraction of sp³-hybridized carbons (Fsp3) is 0.214. The Morgan fingerprint density at radius 2 is 1.86 bits per heavy atom. The zero-order valence-corrected chi connectivity index (χ0v) is 11.2. The van der Waals surface area contributed by atoms with Crippen molar-refractivity contribution in [3.63, 3.8) is 0 Å². The van der Waals surface area contributed by atoms with Crippen LogP contribution >= 0.6 is 0 Å². The van der Waals surface area contributed by atoms with E-state index < -0.39 is 23.8 Å². The lowest BCUT2D eigenvalue weighted by atomic mass is 9.91. The number of benzene rings is 2. The first-order valence-corrected chi connectivity index (χ1v) is 6.05. The van der Waals surface area contributed by atoms with Crippen LogP contribution in [-0.2, 0) is 4.74 Å². The van der Waals surface area contributed by atoms with Crippen molar-refractivity contribution >= 4 is 16.7 Å². The first-order valence-electron chi connectivity index (χ1n) is 6.05. The van der Waals surface area contributed by atoms with Gasteiger partial charge in [-0.3, -0.25) is 0 Å². The van der Waals surface area contributed by atoms with E-state index in [9.17, 15) is 25.2 Å². The van der Waals surface area contributed by atoms with E-state index in [-0.39, 0.29) is 33.6 Å². The summed E-state index contributed by atoms with van der Waals surface area (Å²) < 4.78 is 9.82. The van der Waals surface area contributed by atoms with Gasteiger partial charge in [-0.25, -0.2) is 4.79 Å². The van der Waals surface area contributed by atoms with Crippen LogP contribution in [0.1, 0.15) is 27.8 Å². The summed E-state index contributed by atoms with van der Waals surface area (Å²) in [6.45, 7) is 1.52. The number of carbonyl (C=O) groups is 1. The molecule has 0 saturated heterocycles. The summed E-state index contributed by atoms with van der Waals surface area (Å²) in [7, 11) is 1.36. The number of methoxy groups -OCH3 is 1. The summed E-state index contributed by atoms with van der Waals surface area (Å²) in [5, 5.41) is 40.2. The number of carbonyl (C=O) groups excluding carboxylic acids is 1. The van der Waals surface area contributed by atoms with Gasteiger partial charge in [-0.1, -0.05) is 0 Å². The molecule has 0 saturated carbocycles. The van der Waals surface area contributed by atoms with Crippen LogP contribution in [0.15, 0.2) is 6.07 Å². The predicted molar refractivity (Wildman–Crippen MR) is 70.6 cm³/mol. The van der Waals surface area contributed by atoms with E-state index in [2.05, 4.69) is 4.74 Å². The molecule has 0 spiro atoms. The Labute approximate surface area is 118 Å². The van der Waals surface area contributed by atoms with Crippen molar-refractivity contribution in [1.29, 1.82) is 0 Å². The van der Waals surface area contributed by atoms with Gasteiger partial charge in [0.15, 0.2) is 11.5 Å². The number of aliphatic hydroxyl groups excluding tert-OH is 1. The number of cyclic esters (lactones) is 1. The van der Waals surface area contributed by atoms with Gasteiger partial charge in [0.2, 0.25) is 6.29 Å². The molecule has 1 aliphatic rings. The first kappa shape index (κ1) is 13.3. The van der Waals surface area contributed by atoms with E-state index in [0.717, 1.165) is 0 Å². The van der Waals surface area contributed by atoms with Crippen molar-refractivity contribution in [1.82, 2.24) is 0 Å². The highest BCUT2D eigenvalue weighted by Gasteiger charge is 2.36. The number of hydrogen-bond acceptors (Lipinski definition) is 7. The maximum atomic E-state index is 11.9. The smallest absolute Gasteiger partial charge is 0.345 e. The number of aliphatic hydroxyl groups is 1.